The van der Waals surface area contributed by atoms with Gasteiger partial charge in [0.05, 0.1) is 0 Å². The predicted octanol–water partition coefficient (Wildman–Crippen LogP) is 2.47. The molecule has 0 radical (unpaired) electrons. The van der Waals surface area contributed by atoms with E-state index in [9.17, 15) is 4.79 Å². The fraction of sp³-hybridized carbons (Fsp3) is 0.417. The molecule has 0 fully saturated rings. The normalized spacial score (nSPS) is 12.5. The minimum atomic E-state index is -0.941. The number of rotatable bonds is 4. The van der Waals surface area contributed by atoms with E-state index in [4.69, 9.17) is 9.84 Å². The standard InChI is InChI=1S/C12H16O3/c1-4-15-11(12(13)14)10-6-5-8(2)7-9(10)3/h5-7,11H,4H2,1-3H3,(H,13,14). The average Bonchev–Trinajstić information content (AvgIpc) is 2.15. The number of ether oxygens (including phenoxy) is 1. The average molecular weight is 208 g/mol. The van der Waals surface area contributed by atoms with Crippen LogP contribution in [0.2, 0.25) is 0 Å². The van der Waals surface area contributed by atoms with Gasteiger partial charge in [-0.3, -0.25) is 0 Å². The van der Waals surface area contributed by atoms with Crippen LogP contribution in [0.5, 0.6) is 0 Å². The molecule has 1 N–H and O–H groups in total. The molecule has 3 nitrogen and oxygen atoms in total. The summed E-state index contributed by atoms with van der Waals surface area (Å²) in [5, 5.41) is 9.03. The van der Waals surface area contributed by atoms with Gasteiger partial charge in [-0.05, 0) is 31.9 Å². The van der Waals surface area contributed by atoms with Gasteiger partial charge in [0.2, 0.25) is 0 Å². The molecule has 0 spiro atoms. The highest BCUT2D eigenvalue weighted by Crippen LogP contribution is 2.22. The SMILES string of the molecule is CCOC(C(=O)O)c1ccc(C)cc1C. The van der Waals surface area contributed by atoms with E-state index in [1.165, 1.54) is 0 Å². The second-order valence-electron chi connectivity index (χ2n) is 3.53. The van der Waals surface area contributed by atoms with Crippen molar-refractivity contribution in [2.45, 2.75) is 26.9 Å². The molecule has 0 heterocycles. The van der Waals surface area contributed by atoms with Crippen LogP contribution in [0.25, 0.3) is 0 Å². The minimum absolute atomic E-state index is 0.393. The molecule has 0 bridgehead atoms. The molecule has 3 heteroatoms. The van der Waals surface area contributed by atoms with Crippen LogP contribution in [-0.2, 0) is 9.53 Å². The van der Waals surface area contributed by atoms with Crippen LogP contribution >= 0.6 is 0 Å². The quantitative estimate of drug-likeness (QED) is 0.826. The van der Waals surface area contributed by atoms with E-state index >= 15 is 0 Å². The Hall–Kier alpha value is -1.35. The maximum Gasteiger partial charge on any atom is 0.337 e. The van der Waals surface area contributed by atoms with Crippen molar-refractivity contribution in [2.24, 2.45) is 0 Å². The van der Waals surface area contributed by atoms with Gasteiger partial charge in [0.15, 0.2) is 6.10 Å². The molecule has 0 aromatic heterocycles. The molecule has 1 aromatic carbocycles. The Bertz CT molecular complexity index is 358. The van der Waals surface area contributed by atoms with E-state index in [-0.39, 0.29) is 0 Å². The molecule has 0 aliphatic rings. The first-order valence-electron chi connectivity index (χ1n) is 4.97. The first-order chi connectivity index (χ1) is 7.06. The summed E-state index contributed by atoms with van der Waals surface area (Å²) >= 11 is 0. The first-order valence-corrected chi connectivity index (χ1v) is 4.97. The van der Waals surface area contributed by atoms with Gasteiger partial charge in [-0.25, -0.2) is 4.79 Å². The Balaban J connectivity index is 3.05. The number of benzene rings is 1. The van der Waals surface area contributed by atoms with Crippen molar-refractivity contribution in [2.75, 3.05) is 6.61 Å². The number of aliphatic carboxylic acids is 1. The molecule has 82 valence electrons. The zero-order chi connectivity index (χ0) is 11.4. The molecule has 1 aromatic rings. The summed E-state index contributed by atoms with van der Waals surface area (Å²) in [5.41, 5.74) is 2.81. The lowest BCUT2D eigenvalue weighted by molar-refractivity contribution is -0.150. The molecule has 1 atom stereocenters. The van der Waals surface area contributed by atoms with Crippen LogP contribution in [0.15, 0.2) is 18.2 Å². The predicted molar refractivity (Wildman–Crippen MR) is 57.9 cm³/mol. The Morgan fingerprint density at radius 3 is 2.60 bits per heavy atom. The maximum absolute atomic E-state index is 11.0. The van der Waals surface area contributed by atoms with Crippen LogP contribution in [-0.4, -0.2) is 17.7 Å². The highest BCUT2D eigenvalue weighted by molar-refractivity contribution is 5.75. The fourth-order valence-corrected chi connectivity index (χ4v) is 1.58. The Labute approximate surface area is 89.7 Å². The van der Waals surface area contributed by atoms with Crippen molar-refractivity contribution in [3.05, 3.63) is 34.9 Å². The third-order valence-electron chi connectivity index (χ3n) is 2.27. The van der Waals surface area contributed by atoms with Gasteiger partial charge < -0.3 is 9.84 Å². The number of hydrogen-bond donors (Lipinski definition) is 1. The van der Waals surface area contributed by atoms with Gasteiger partial charge in [-0.15, -0.1) is 0 Å². The fourth-order valence-electron chi connectivity index (χ4n) is 1.58. The monoisotopic (exact) mass is 208 g/mol. The number of hydrogen-bond acceptors (Lipinski definition) is 2. The van der Waals surface area contributed by atoms with Gasteiger partial charge in [-0.1, -0.05) is 23.8 Å². The van der Waals surface area contributed by atoms with Crippen molar-refractivity contribution in [1.82, 2.24) is 0 Å². The molecule has 0 saturated carbocycles. The molecule has 0 saturated heterocycles. The van der Waals surface area contributed by atoms with E-state index in [1.54, 1.807) is 6.92 Å². The molecular formula is C12H16O3. The highest BCUT2D eigenvalue weighted by Gasteiger charge is 2.21. The van der Waals surface area contributed by atoms with Crippen LogP contribution in [0.1, 0.15) is 29.7 Å². The summed E-state index contributed by atoms with van der Waals surface area (Å²) in [6, 6.07) is 5.68. The summed E-state index contributed by atoms with van der Waals surface area (Å²) in [7, 11) is 0. The summed E-state index contributed by atoms with van der Waals surface area (Å²) in [5.74, 6) is -0.941. The third kappa shape index (κ3) is 2.80. The van der Waals surface area contributed by atoms with E-state index in [2.05, 4.69) is 0 Å². The van der Waals surface area contributed by atoms with Gasteiger partial charge >= 0.3 is 5.97 Å². The molecule has 1 unspecified atom stereocenters. The minimum Gasteiger partial charge on any atom is -0.479 e. The molecule has 0 aliphatic carbocycles. The van der Waals surface area contributed by atoms with Gasteiger partial charge in [0.1, 0.15) is 0 Å². The Kier molecular flexibility index (Phi) is 3.86. The first kappa shape index (κ1) is 11.7. The lowest BCUT2D eigenvalue weighted by Crippen LogP contribution is -2.16. The van der Waals surface area contributed by atoms with E-state index < -0.39 is 12.1 Å². The van der Waals surface area contributed by atoms with Crippen molar-refractivity contribution in [3.8, 4) is 0 Å². The molecule has 0 amide bonds. The molecule has 0 aliphatic heterocycles. The molecular weight excluding hydrogens is 192 g/mol. The second-order valence-corrected chi connectivity index (χ2v) is 3.53. The largest absolute Gasteiger partial charge is 0.479 e. The van der Waals surface area contributed by atoms with Crippen molar-refractivity contribution in [3.63, 3.8) is 0 Å². The van der Waals surface area contributed by atoms with E-state index in [0.717, 1.165) is 16.7 Å². The zero-order valence-electron chi connectivity index (χ0n) is 9.28. The summed E-state index contributed by atoms with van der Waals surface area (Å²) in [6.45, 7) is 6.06. The number of carboxylic acid groups (broad SMARTS) is 1. The van der Waals surface area contributed by atoms with Crippen molar-refractivity contribution in [1.29, 1.82) is 0 Å². The van der Waals surface area contributed by atoms with Crippen LogP contribution in [0.4, 0.5) is 0 Å². The highest BCUT2D eigenvalue weighted by atomic mass is 16.5. The Morgan fingerprint density at radius 2 is 2.13 bits per heavy atom. The molecule has 1 rings (SSSR count). The second kappa shape index (κ2) is 4.94. The zero-order valence-corrected chi connectivity index (χ0v) is 9.28. The van der Waals surface area contributed by atoms with Crippen molar-refractivity contribution < 1.29 is 14.6 Å². The summed E-state index contributed by atoms with van der Waals surface area (Å²) in [4.78, 5) is 11.0. The smallest absolute Gasteiger partial charge is 0.337 e. The van der Waals surface area contributed by atoms with Crippen LogP contribution in [0.3, 0.4) is 0 Å². The number of carboxylic acids is 1. The van der Waals surface area contributed by atoms with E-state index in [1.807, 2.05) is 32.0 Å². The van der Waals surface area contributed by atoms with Gasteiger partial charge in [0, 0.05) is 6.61 Å². The van der Waals surface area contributed by atoms with Crippen LogP contribution < -0.4 is 0 Å². The summed E-state index contributed by atoms with van der Waals surface area (Å²) in [6.07, 6.45) is -0.851. The van der Waals surface area contributed by atoms with Gasteiger partial charge in [0.25, 0.3) is 0 Å². The lowest BCUT2D eigenvalue weighted by Gasteiger charge is -2.15. The van der Waals surface area contributed by atoms with E-state index in [0.29, 0.717) is 6.61 Å². The number of carbonyl (C=O) groups is 1. The Morgan fingerprint density at radius 1 is 1.47 bits per heavy atom. The topological polar surface area (TPSA) is 46.5 Å². The third-order valence-corrected chi connectivity index (χ3v) is 2.27. The van der Waals surface area contributed by atoms with Crippen molar-refractivity contribution >= 4 is 5.97 Å². The van der Waals surface area contributed by atoms with Crippen LogP contribution in [0, 0.1) is 13.8 Å². The molecule has 15 heavy (non-hydrogen) atoms. The lowest BCUT2D eigenvalue weighted by atomic mass is 10.0. The summed E-state index contributed by atoms with van der Waals surface area (Å²) < 4.78 is 5.21. The number of aryl methyl sites for hydroxylation is 2. The van der Waals surface area contributed by atoms with Gasteiger partial charge in [-0.2, -0.15) is 0 Å². The maximum atomic E-state index is 11.0.